The van der Waals surface area contributed by atoms with Crippen molar-refractivity contribution in [1.29, 1.82) is 0 Å². The van der Waals surface area contributed by atoms with Gasteiger partial charge in [-0.2, -0.15) is 5.10 Å². The Kier molecular flexibility index (Phi) is 7.55. The Morgan fingerprint density at radius 1 is 1.39 bits per heavy atom. The topological polar surface area (TPSA) is 95.3 Å². The maximum atomic E-state index is 12.7. The lowest BCUT2D eigenvalue weighted by Gasteiger charge is -2.08. The maximum Gasteiger partial charge on any atom is 0.349 e. The van der Waals surface area contributed by atoms with Crippen LogP contribution in [0.4, 0.5) is 0 Å². The third kappa shape index (κ3) is 5.17. The van der Waals surface area contributed by atoms with Crippen molar-refractivity contribution in [2.45, 2.75) is 45.6 Å². The molecule has 3 rings (SSSR count). The summed E-state index contributed by atoms with van der Waals surface area (Å²) >= 11 is 1.12. The number of esters is 1. The summed E-state index contributed by atoms with van der Waals surface area (Å²) in [4.78, 5) is 25.1. The molecular formula is C19H26N4O4S. The van der Waals surface area contributed by atoms with Crippen molar-refractivity contribution in [3.63, 3.8) is 0 Å². The molecule has 0 aromatic carbocycles. The minimum atomic E-state index is -0.350. The third-order valence-corrected chi connectivity index (χ3v) is 5.27. The molecule has 2 aromatic rings. The van der Waals surface area contributed by atoms with E-state index in [1.807, 2.05) is 6.92 Å². The molecular weight excluding hydrogens is 380 g/mol. The highest BCUT2D eigenvalue weighted by Gasteiger charge is 2.23. The third-order valence-electron chi connectivity index (χ3n) is 4.54. The highest BCUT2D eigenvalue weighted by molar-refractivity contribution is 7.07. The largest absolute Gasteiger partial charge is 0.461 e. The smallest absolute Gasteiger partial charge is 0.349 e. The van der Waals surface area contributed by atoms with Gasteiger partial charge in [0.15, 0.2) is 0 Å². The first-order valence-electron chi connectivity index (χ1n) is 9.73. The highest BCUT2D eigenvalue weighted by Crippen LogP contribution is 2.20. The molecule has 8 nitrogen and oxygen atoms in total. The highest BCUT2D eigenvalue weighted by atomic mass is 32.1. The van der Waals surface area contributed by atoms with Crippen molar-refractivity contribution in [3.05, 3.63) is 34.1 Å². The number of carbonyl (C=O) groups is 2. The van der Waals surface area contributed by atoms with Crippen LogP contribution < -0.4 is 5.32 Å². The molecule has 152 valence electrons. The van der Waals surface area contributed by atoms with Crippen LogP contribution in [0.15, 0.2) is 12.3 Å². The molecule has 0 radical (unpaired) electrons. The van der Waals surface area contributed by atoms with E-state index < -0.39 is 0 Å². The van der Waals surface area contributed by atoms with Crippen molar-refractivity contribution < 1.29 is 19.1 Å². The Labute approximate surface area is 168 Å². The van der Waals surface area contributed by atoms with Gasteiger partial charge in [-0.1, -0.05) is 0 Å². The fourth-order valence-electron chi connectivity index (χ4n) is 3.20. The van der Waals surface area contributed by atoms with E-state index in [1.54, 1.807) is 16.9 Å². The molecule has 1 amide bonds. The Morgan fingerprint density at radius 2 is 2.25 bits per heavy atom. The number of rotatable bonds is 6. The Balaban J connectivity index is 1.66. The van der Waals surface area contributed by atoms with Crippen LogP contribution in [0, 0.1) is 0 Å². The van der Waals surface area contributed by atoms with Gasteiger partial charge in [0.25, 0.3) is 5.91 Å². The van der Waals surface area contributed by atoms with Crippen LogP contribution in [0.2, 0.25) is 0 Å². The van der Waals surface area contributed by atoms with Crippen molar-refractivity contribution in [2.75, 3.05) is 26.4 Å². The average Bonchev–Trinajstić information content (AvgIpc) is 3.34. The number of hydrogen-bond donors (Lipinski definition) is 1. The van der Waals surface area contributed by atoms with Gasteiger partial charge in [-0.3, -0.25) is 9.48 Å². The molecule has 0 saturated carbocycles. The van der Waals surface area contributed by atoms with E-state index in [4.69, 9.17) is 9.47 Å². The van der Waals surface area contributed by atoms with Crippen molar-refractivity contribution >= 4 is 23.4 Å². The molecule has 0 fully saturated rings. The zero-order valence-electron chi connectivity index (χ0n) is 16.1. The SMILES string of the molecule is CCn1nc(CCCOC(=O)c2ccns2)c2c1C(=O)NCCCOCCC2. The molecule has 3 heterocycles. The molecule has 0 aliphatic carbocycles. The van der Waals surface area contributed by atoms with E-state index in [2.05, 4.69) is 14.8 Å². The van der Waals surface area contributed by atoms with Crippen molar-refractivity contribution in [3.8, 4) is 0 Å². The number of nitrogens with one attached hydrogen (secondary N) is 1. The van der Waals surface area contributed by atoms with Gasteiger partial charge in [-0.05, 0) is 56.6 Å². The maximum absolute atomic E-state index is 12.7. The van der Waals surface area contributed by atoms with Crippen LogP contribution in [-0.2, 0) is 28.9 Å². The molecule has 1 aliphatic rings. The summed E-state index contributed by atoms with van der Waals surface area (Å²) in [5.74, 6) is -0.424. The molecule has 1 N–H and O–H groups in total. The number of aryl methyl sites for hydroxylation is 2. The predicted molar refractivity (Wildman–Crippen MR) is 105 cm³/mol. The lowest BCUT2D eigenvalue weighted by Crippen LogP contribution is -2.28. The number of carbonyl (C=O) groups excluding carboxylic acids is 2. The predicted octanol–water partition coefficient (Wildman–Crippen LogP) is 2.23. The van der Waals surface area contributed by atoms with Crippen LogP contribution >= 0.6 is 11.5 Å². The zero-order valence-corrected chi connectivity index (χ0v) is 16.9. The summed E-state index contributed by atoms with van der Waals surface area (Å²) in [5, 5.41) is 7.63. The fraction of sp³-hybridized carbons (Fsp3) is 0.579. The first-order valence-corrected chi connectivity index (χ1v) is 10.5. The summed E-state index contributed by atoms with van der Waals surface area (Å²) in [5.41, 5.74) is 2.54. The van der Waals surface area contributed by atoms with Crippen LogP contribution in [0.5, 0.6) is 0 Å². The molecule has 0 saturated heterocycles. The van der Waals surface area contributed by atoms with E-state index >= 15 is 0 Å². The van der Waals surface area contributed by atoms with Crippen LogP contribution in [0.1, 0.15) is 57.6 Å². The summed E-state index contributed by atoms with van der Waals surface area (Å²) in [6.07, 6.45) is 5.29. The van der Waals surface area contributed by atoms with Gasteiger partial charge in [0, 0.05) is 38.1 Å². The van der Waals surface area contributed by atoms with E-state index in [0.717, 1.165) is 42.1 Å². The molecule has 1 aliphatic heterocycles. The fourth-order valence-corrected chi connectivity index (χ4v) is 3.70. The van der Waals surface area contributed by atoms with Crippen LogP contribution in [0.3, 0.4) is 0 Å². The molecule has 0 unspecified atom stereocenters. The minimum absolute atomic E-state index is 0.0749. The summed E-state index contributed by atoms with van der Waals surface area (Å²) < 4.78 is 16.6. The van der Waals surface area contributed by atoms with E-state index in [-0.39, 0.29) is 11.9 Å². The minimum Gasteiger partial charge on any atom is -0.461 e. The lowest BCUT2D eigenvalue weighted by molar-refractivity contribution is 0.0506. The Bertz CT molecular complexity index is 788. The van der Waals surface area contributed by atoms with Gasteiger partial charge in [-0.25, -0.2) is 9.17 Å². The molecule has 9 heteroatoms. The summed E-state index contributed by atoms with van der Waals surface area (Å²) in [6.45, 7) is 4.85. The van der Waals surface area contributed by atoms with Gasteiger partial charge in [0.1, 0.15) is 10.6 Å². The van der Waals surface area contributed by atoms with Crippen LogP contribution in [0.25, 0.3) is 0 Å². The number of ether oxygens (including phenoxy) is 2. The quantitative estimate of drug-likeness (QED) is 0.584. The second-order valence-electron chi connectivity index (χ2n) is 6.53. The Morgan fingerprint density at radius 3 is 3.04 bits per heavy atom. The zero-order chi connectivity index (χ0) is 19.8. The number of fused-ring (bicyclic) bond motifs is 1. The van der Waals surface area contributed by atoms with Gasteiger partial charge in [0.05, 0.1) is 12.3 Å². The second kappa shape index (κ2) is 10.3. The van der Waals surface area contributed by atoms with Gasteiger partial charge < -0.3 is 14.8 Å². The monoisotopic (exact) mass is 406 g/mol. The average molecular weight is 407 g/mol. The molecule has 0 atom stereocenters. The first-order chi connectivity index (χ1) is 13.7. The standard InChI is InChI=1S/C19H26N4O4S/c1-2-23-17-14(6-3-11-26-12-5-9-20-18(17)24)15(22-23)7-4-13-27-19(25)16-8-10-21-28-16/h8,10H,2-7,9,11-13H2,1H3,(H,20,24). The normalized spacial score (nSPS) is 15.4. The molecule has 2 aromatic heterocycles. The number of nitrogens with zero attached hydrogens (tertiary/aromatic N) is 3. The summed E-state index contributed by atoms with van der Waals surface area (Å²) in [7, 11) is 0. The van der Waals surface area contributed by atoms with E-state index in [1.165, 1.54) is 0 Å². The van der Waals surface area contributed by atoms with Crippen LogP contribution in [-0.4, -0.2) is 52.4 Å². The molecule has 0 bridgehead atoms. The van der Waals surface area contributed by atoms with E-state index in [0.29, 0.717) is 56.3 Å². The van der Waals surface area contributed by atoms with Crippen molar-refractivity contribution in [2.24, 2.45) is 0 Å². The number of hydrogen-bond acceptors (Lipinski definition) is 7. The van der Waals surface area contributed by atoms with Crippen molar-refractivity contribution in [1.82, 2.24) is 19.5 Å². The second-order valence-corrected chi connectivity index (χ2v) is 7.36. The first kappa shape index (κ1) is 20.5. The Hall–Kier alpha value is -2.26. The van der Waals surface area contributed by atoms with Gasteiger partial charge in [0.2, 0.25) is 0 Å². The lowest BCUT2D eigenvalue weighted by atomic mass is 10.0. The summed E-state index contributed by atoms with van der Waals surface area (Å²) in [6, 6.07) is 1.65. The van der Waals surface area contributed by atoms with Gasteiger partial charge >= 0.3 is 5.97 Å². The molecule has 28 heavy (non-hydrogen) atoms. The van der Waals surface area contributed by atoms with Gasteiger partial charge in [-0.15, -0.1) is 0 Å². The van der Waals surface area contributed by atoms with E-state index in [9.17, 15) is 9.59 Å². The molecule has 0 spiro atoms. The number of amides is 1. The number of aromatic nitrogens is 3.